The molecule has 0 bridgehead atoms. The van der Waals surface area contributed by atoms with E-state index in [4.69, 9.17) is 0 Å². The van der Waals surface area contributed by atoms with Gasteiger partial charge in [0.1, 0.15) is 18.2 Å². The number of carbonyl (C=O) groups is 1. The fourth-order valence-corrected chi connectivity index (χ4v) is 4.18. The zero-order valence-corrected chi connectivity index (χ0v) is 20.7. The van der Waals surface area contributed by atoms with Crippen molar-refractivity contribution in [2.45, 2.75) is 26.9 Å². The van der Waals surface area contributed by atoms with Crippen molar-refractivity contribution in [3.05, 3.63) is 105 Å². The number of nitrogens with one attached hydrogen (secondary N) is 1. The molecule has 0 aliphatic rings. The van der Waals surface area contributed by atoms with Gasteiger partial charge in [0, 0.05) is 18.8 Å². The first-order chi connectivity index (χ1) is 17.8. The van der Waals surface area contributed by atoms with Crippen LogP contribution in [-0.4, -0.2) is 34.6 Å². The molecule has 0 atom stereocenters. The lowest BCUT2D eigenvalue weighted by atomic mass is 10.1. The number of nitrogens with zero attached hydrogens (tertiary/aromatic N) is 6. The van der Waals surface area contributed by atoms with Gasteiger partial charge in [-0.15, -0.1) is 0 Å². The van der Waals surface area contributed by atoms with Gasteiger partial charge in [0.05, 0.1) is 17.9 Å². The molecule has 10 heteroatoms. The highest BCUT2D eigenvalue weighted by Crippen LogP contribution is 2.19. The van der Waals surface area contributed by atoms with Crippen molar-refractivity contribution in [3.8, 4) is 11.3 Å². The average Bonchev–Trinajstić information content (AvgIpc) is 3.22. The maximum atomic E-state index is 13.4. The lowest BCUT2D eigenvalue weighted by Crippen LogP contribution is -2.40. The number of amides is 1. The van der Waals surface area contributed by atoms with E-state index in [0.29, 0.717) is 17.3 Å². The van der Waals surface area contributed by atoms with Crippen molar-refractivity contribution in [1.82, 2.24) is 28.7 Å². The quantitative estimate of drug-likeness (QED) is 0.387. The molecular formula is C27H25N7O3. The third kappa shape index (κ3) is 4.68. The molecule has 1 aromatic carbocycles. The topological polar surface area (TPSA) is 117 Å². The summed E-state index contributed by atoms with van der Waals surface area (Å²) in [5, 5.41) is 2.81. The summed E-state index contributed by atoms with van der Waals surface area (Å²) in [4.78, 5) is 52.5. The standard InChI is InChI=1S/C27H25N7O3/c1-17-10-12-19(13-11-17)21-8-6-9-22(30-21)31-23(35)16-33-18(2)29-25-24(33)26(36)34(27(37)32(25)3)15-20-7-4-5-14-28-20/h4-14H,15-16H2,1-3H3,(H,30,31,35). The molecule has 0 unspecified atom stereocenters. The molecule has 0 saturated carbocycles. The summed E-state index contributed by atoms with van der Waals surface area (Å²) in [5.41, 5.74) is 2.74. The SMILES string of the molecule is Cc1ccc(-c2cccc(NC(=O)Cn3c(C)nc4c3c(=O)n(Cc3ccccn3)c(=O)n4C)n2)cc1. The molecule has 4 heterocycles. The Morgan fingerprint density at radius 1 is 0.919 bits per heavy atom. The molecular weight excluding hydrogens is 470 g/mol. The zero-order valence-electron chi connectivity index (χ0n) is 20.7. The van der Waals surface area contributed by atoms with Gasteiger partial charge in [0.15, 0.2) is 11.2 Å². The van der Waals surface area contributed by atoms with Crippen molar-refractivity contribution in [3.63, 3.8) is 0 Å². The molecule has 0 radical (unpaired) electrons. The minimum Gasteiger partial charge on any atom is -0.313 e. The lowest BCUT2D eigenvalue weighted by molar-refractivity contribution is -0.116. The largest absolute Gasteiger partial charge is 0.332 e. The van der Waals surface area contributed by atoms with Crippen LogP contribution in [0.15, 0.2) is 76.4 Å². The maximum Gasteiger partial charge on any atom is 0.332 e. The van der Waals surface area contributed by atoms with Crippen LogP contribution < -0.4 is 16.6 Å². The van der Waals surface area contributed by atoms with Crippen LogP contribution in [0.5, 0.6) is 0 Å². The van der Waals surface area contributed by atoms with Gasteiger partial charge in [-0.25, -0.2) is 14.8 Å². The first-order valence-corrected chi connectivity index (χ1v) is 11.7. The smallest absolute Gasteiger partial charge is 0.313 e. The summed E-state index contributed by atoms with van der Waals surface area (Å²) in [6, 6.07) is 18.6. The number of pyridine rings is 2. The van der Waals surface area contributed by atoms with E-state index in [1.807, 2.05) is 43.3 Å². The van der Waals surface area contributed by atoms with Crippen molar-refractivity contribution in [2.75, 3.05) is 5.32 Å². The molecule has 0 spiro atoms. The number of aromatic nitrogens is 6. The van der Waals surface area contributed by atoms with E-state index in [-0.39, 0.29) is 30.2 Å². The van der Waals surface area contributed by atoms with Crippen LogP contribution in [0.1, 0.15) is 17.1 Å². The Kier molecular flexibility index (Phi) is 6.22. The van der Waals surface area contributed by atoms with E-state index >= 15 is 0 Å². The lowest BCUT2D eigenvalue weighted by Gasteiger charge is -2.11. The number of carbonyl (C=O) groups excluding carboxylic acids is 1. The van der Waals surface area contributed by atoms with Crippen molar-refractivity contribution in [1.29, 1.82) is 0 Å². The minimum absolute atomic E-state index is 0.00837. The summed E-state index contributed by atoms with van der Waals surface area (Å²) >= 11 is 0. The summed E-state index contributed by atoms with van der Waals surface area (Å²) < 4.78 is 3.94. The molecule has 37 heavy (non-hydrogen) atoms. The second-order valence-electron chi connectivity index (χ2n) is 8.79. The monoisotopic (exact) mass is 495 g/mol. The van der Waals surface area contributed by atoms with Crippen molar-refractivity contribution in [2.24, 2.45) is 7.05 Å². The molecule has 0 aliphatic heterocycles. The molecule has 1 amide bonds. The maximum absolute atomic E-state index is 13.4. The predicted molar refractivity (Wildman–Crippen MR) is 140 cm³/mol. The number of anilines is 1. The van der Waals surface area contributed by atoms with E-state index < -0.39 is 11.2 Å². The highest BCUT2D eigenvalue weighted by atomic mass is 16.2. The highest BCUT2D eigenvalue weighted by molar-refractivity contribution is 5.91. The molecule has 0 saturated heterocycles. The predicted octanol–water partition coefficient (Wildman–Crippen LogP) is 2.66. The van der Waals surface area contributed by atoms with Crippen molar-refractivity contribution < 1.29 is 4.79 Å². The van der Waals surface area contributed by atoms with Gasteiger partial charge in [-0.2, -0.15) is 0 Å². The van der Waals surface area contributed by atoms with Crippen LogP contribution in [0.25, 0.3) is 22.4 Å². The van der Waals surface area contributed by atoms with E-state index in [2.05, 4.69) is 20.3 Å². The second kappa shape index (κ2) is 9.65. The van der Waals surface area contributed by atoms with E-state index in [1.54, 1.807) is 44.4 Å². The van der Waals surface area contributed by atoms with E-state index in [1.165, 1.54) is 9.13 Å². The number of benzene rings is 1. The van der Waals surface area contributed by atoms with Crippen LogP contribution in [0.3, 0.4) is 0 Å². The summed E-state index contributed by atoms with van der Waals surface area (Å²) in [6.45, 7) is 3.54. The fourth-order valence-electron chi connectivity index (χ4n) is 4.18. The van der Waals surface area contributed by atoms with Crippen LogP contribution in [-0.2, 0) is 24.9 Å². The van der Waals surface area contributed by atoms with E-state index in [0.717, 1.165) is 21.4 Å². The fraction of sp³-hybridized carbons (Fsp3) is 0.185. The summed E-state index contributed by atoms with van der Waals surface area (Å²) in [7, 11) is 1.55. The van der Waals surface area contributed by atoms with Gasteiger partial charge in [0.25, 0.3) is 5.56 Å². The summed E-state index contributed by atoms with van der Waals surface area (Å²) in [5.74, 6) is 0.458. The Labute approximate surface area is 211 Å². The average molecular weight is 496 g/mol. The van der Waals surface area contributed by atoms with Crippen molar-refractivity contribution >= 4 is 22.9 Å². The van der Waals surface area contributed by atoms with Crippen LogP contribution in [0.2, 0.25) is 0 Å². The molecule has 0 aliphatic carbocycles. The molecule has 0 fully saturated rings. The van der Waals surface area contributed by atoms with Crippen LogP contribution >= 0.6 is 0 Å². The number of rotatable bonds is 6. The highest BCUT2D eigenvalue weighted by Gasteiger charge is 2.20. The number of aryl methyl sites for hydroxylation is 3. The number of hydrogen-bond donors (Lipinski definition) is 1. The Balaban J connectivity index is 1.46. The van der Waals surface area contributed by atoms with Gasteiger partial charge in [-0.3, -0.25) is 23.7 Å². The third-order valence-corrected chi connectivity index (χ3v) is 6.14. The zero-order chi connectivity index (χ0) is 26.1. The van der Waals surface area contributed by atoms with Crippen LogP contribution in [0, 0.1) is 13.8 Å². The van der Waals surface area contributed by atoms with E-state index in [9.17, 15) is 14.4 Å². The number of hydrogen-bond acceptors (Lipinski definition) is 6. The Hall–Kier alpha value is -4.86. The van der Waals surface area contributed by atoms with Gasteiger partial charge in [-0.1, -0.05) is 42.0 Å². The summed E-state index contributed by atoms with van der Waals surface area (Å²) in [6.07, 6.45) is 1.60. The Bertz CT molecular complexity index is 1730. The van der Waals surface area contributed by atoms with Gasteiger partial charge in [-0.05, 0) is 38.1 Å². The number of fused-ring (bicyclic) bond motifs is 1. The molecule has 186 valence electrons. The molecule has 10 nitrogen and oxygen atoms in total. The first kappa shape index (κ1) is 23.9. The van der Waals surface area contributed by atoms with Gasteiger partial charge < -0.3 is 9.88 Å². The molecule has 1 N–H and O–H groups in total. The molecule has 5 rings (SSSR count). The minimum atomic E-state index is -0.531. The third-order valence-electron chi connectivity index (χ3n) is 6.14. The Morgan fingerprint density at radius 3 is 2.43 bits per heavy atom. The Morgan fingerprint density at radius 2 is 1.70 bits per heavy atom. The van der Waals surface area contributed by atoms with Gasteiger partial charge in [0.2, 0.25) is 5.91 Å². The number of imidazole rings is 1. The first-order valence-electron chi connectivity index (χ1n) is 11.7. The second-order valence-corrected chi connectivity index (χ2v) is 8.79. The normalized spacial score (nSPS) is 11.1. The molecule has 5 aromatic rings. The van der Waals surface area contributed by atoms with Crippen LogP contribution in [0.4, 0.5) is 5.82 Å². The van der Waals surface area contributed by atoms with Gasteiger partial charge >= 0.3 is 5.69 Å². The molecule has 4 aromatic heterocycles.